The van der Waals surface area contributed by atoms with Crippen LogP contribution in [0.1, 0.15) is 24.8 Å². The molecule has 24 heavy (non-hydrogen) atoms. The zero-order valence-electron chi connectivity index (χ0n) is 12.8. The molecule has 0 heterocycles. The fourth-order valence-electron chi connectivity index (χ4n) is 1.95. The molecule has 0 bridgehead atoms. The third kappa shape index (κ3) is 5.84. The summed E-state index contributed by atoms with van der Waals surface area (Å²) in [5.74, 6) is 0.0701. The molecule has 0 aliphatic rings. The standard InChI is InChI=1S/C15H16F7O.U/c1-3-4-12(23-11-7-5-10(2)6-8-11)9-13(16,14(17,18)19)15(20,21)22;/h5-8,12H,1,3-4,9H2,2H3;/q-1;. The van der Waals surface area contributed by atoms with E-state index < -0.39 is 30.5 Å². The van der Waals surface area contributed by atoms with Gasteiger partial charge in [0.05, 0.1) is 0 Å². The van der Waals surface area contributed by atoms with Gasteiger partial charge in [0.25, 0.3) is 0 Å². The van der Waals surface area contributed by atoms with Crippen molar-refractivity contribution in [2.24, 2.45) is 0 Å². The molecule has 1 unspecified atom stereocenters. The Bertz CT molecular complexity index is 482. The van der Waals surface area contributed by atoms with Gasteiger partial charge in [0.1, 0.15) is 11.9 Å². The summed E-state index contributed by atoms with van der Waals surface area (Å²) >= 11 is 0. The van der Waals surface area contributed by atoms with Gasteiger partial charge in [-0.25, -0.2) is 4.39 Å². The van der Waals surface area contributed by atoms with E-state index in [0.717, 1.165) is 5.56 Å². The Balaban J connectivity index is 0.00000529. The molecule has 0 spiro atoms. The van der Waals surface area contributed by atoms with Crippen LogP contribution in [0.15, 0.2) is 24.3 Å². The second-order valence-electron chi connectivity index (χ2n) is 5.20. The van der Waals surface area contributed by atoms with Gasteiger partial charge in [-0.2, -0.15) is 32.8 Å². The molecule has 0 saturated heterocycles. The summed E-state index contributed by atoms with van der Waals surface area (Å²) in [5, 5.41) is 0. The van der Waals surface area contributed by atoms with E-state index in [1.807, 2.05) is 0 Å². The van der Waals surface area contributed by atoms with Crippen molar-refractivity contribution in [1.82, 2.24) is 0 Å². The van der Waals surface area contributed by atoms with Crippen LogP contribution in [-0.2, 0) is 0 Å². The van der Waals surface area contributed by atoms with E-state index in [-0.39, 0.29) is 49.7 Å². The van der Waals surface area contributed by atoms with Crippen LogP contribution in [0.3, 0.4) is 0 Å². The summed E-state index contributed by atoms with van der Waals surface area (Å²) in [6.07, 6.45) is -15.9. The Kier molecular flexibility index (Phi) is 8.64. The van der Waals surface area contributed by atoms with E-state index in [0.29, 0.717) is 0 Å². The van der Waals surface area contributed by atoms with Crippen molar-refractivity contribution < 1.29 is 66.6 Å². The van der Waals surface area contributed by atoms with Crippen molar-refractivity contribution in [3.63, 3.8) is 0 Å². The minimum absolute atomic E-state index is 0. The van der Waals surface area contributed by atoms with Gasteiger partial charge >= 0.3 is 18.0 Å². The summed E-state index contributed by atoms with van der Waals surface area (Å²) in [6, 6.07) is 5.94. The maximum absolute atomic E-state index is 13.8. The molecule has 0 N–H and O–H groups in total. The average Bonchev–Trinajstić information content (AvgIpc) is 2.39. The zero-order valence-corrected chi connectivity index (χ0v) is 16.9. The number of aryl methyl sites for hydroxylation is 1. The summed E-state index contributed by atoms with van der Waals surface area (Å²) in [4.78, 5) is 0. The molecule has 0 aliphatic carbocycles. The smallest absolute Gasteiger partial charge is 0.431 e. The topological polar surface area (TPSA) is 9.23 Å². The maximum atomic E-state index is 13.8. The van der Waals surface area contributed by atoms with Crippen LogP contribution in [0.5, 0.6) is 5.75 Å². The third-order valence-electron chi connectivity index (χ3n) is 3.26. The Labute approximate surface area is 159 Å². The first-order chi connectivity index (χ1) is 10.4. The molecule has 1 aromatic carbocycles. The molecule has 1 rings (SSSR count). The summed E-state index contributed by atoms with van der Waals surface area (Å²) in [5.41, 5.74) is -4.50. The Morgan fingerprint density at radius 2 is 1.42 bits per heavy atom. The average molecular weight is 583 g/mol. The second-order valence-corrected chi connectivity index (χ2v) is 5.20. The van der Waals surface area contributed by atoms with Crippen LogP contribution in [0.2, 0.25) is 0 Å². The van der Waals surface area contributed by atoms with E-state index >= 15 is 0 Å². The first kappa shape index (κ1) is 23.6. The van der Waals surface area contributed by atoms with E-state index in [1.165, 1.54) is 12.1 Å². The number of hydrogen-bond acceptors (Lipinski definition) is 1. The van der Waals surface area contributed by atoms with Crippen LogP contribution < -0.4 is 4.74 Å². The molecule has 9 heteroatoms. The van der Waals surface area contributed by atoms with Crippen LogP contribution >= 0.6 is 0 Å². The van der Waals surface area contributed by atoms with Crippen LogP contribution in [0, 0.1) is 45.0 Å². The van der Waals surface area contributed by atoms with Crippen LogP contribution in [0.4, 0.5) is 30.7 Å². The minimum Gasteiger partial charge on any atom is -0.490 e. The normalized spacial score (nSPS) is 14.0. The molecule has 1 atom stereocenters. The third-order valence-corrected chi connectivity index (χ3v) is 3.26. The first-order valence-electron chi connectivity index (χ1n) is 6.75. The van der Waals surface area contributed by atoms with Gasteiger partial charge in [-0.15, -0.1) is 0 Å². The van der Waals surface area contributed by atoms with E-state index in [9.17, 15) is 30.7 Å². The van der Waals surface area contributed by atoms with E-state index in [4.69, 9.17) is 4.74 Å². The minimum atomic E-state index is -6.08. The van der Waals surface area contributed by atoms with Gasteiger partial charge in [0.15, 0.2) is 0 Å². The molecule has 0 saturated carbocycles. The molecule has 1 nitrogen and oxygen atoms in total. The summed E-state index contributed by atoms with van der Waals surface area (Å²) in [6.45, 7) is 5.12. The van der Waals surface area contributed by atoms with Gasteiger partial charge in [-0.1, -0.05) is 17.7 Å². The SMILES string of the molecule is [CH2-]CCC(CC(F)(C(F)(F)F)C(F)(F)F)Oc1ccc(C)cc1.[U]. The zero-order chi connectivity index (χ0) is 17.9. The molecule has 0 aliphatic heterocycles. The van der Waals surface area contributed by atoms with Crippen LogP contribution in [0.25, 0.3) is 0 Å². The maximum Gasteiger partial charge on any atom is 0.431 e. The molecule has 0 fully saturated rings. The van der Waals surface area contributed by atoms with Crippen molar-refractivity contribution in [3.05, 3.63) is 36.8 Å². The van der Waals surface area contributed by atoms with Gasteiger partial charge in [-0.3, -0.25) is 0 Å². The fourth-order valence-corrected chi connectivity index (χ4v) is 1.95. The molecule has 136 valence electrons. The van der Waals surface area contributed by atoms with E-state index in [2.05, 4.69) is 6.92 Å². The molecule has 0 aromatic heterocycles. The molecular formula is C15H16F7OU-. The van der Waals surface area contributed by atoms with Crippen molar-refractivity contribution in [1.29, 1.82) is 0 Å². The number of alkyl halides is 7. The quantitative estimate of drug-likeness (QED) is 0.314. The summed E-state index contributed by atoms with van der Waals surface area (Å²) < 4.78 is 94.7. The van der Waals surface area contributed by atoms with Gasteiger partial charge in [-0.05, 0) is 25.5 Å². The molecule has 0 radical (unpaired) electrons. The van der Waals surface area contributed by atoms with Gasteiger partial charge in [0, 0.05) is 37.5 Å². The number of rotatable bonds is 6. The molecule has 0 amide bonds. The Hall–Kier alpha value is -0.418. The first-order valence-corrected chi connectivity index (χ1v) is 6.75. The number of ether oxygens (including phenoxy) is 1. The van der Waals surface area contributed by atoms with Crippen molar-refractivity contribution in [3.8, 4) is 5.75 Å². The van der Waals surface area contributed by atoms with Crippen LogP contribution in [-0.4, -0.2) is 24.1 Å². The second kappa shape index (κ2) is 8.80. The summed E-state index contributed by atoms with van der Waals surface area (Å²) in [7, 11) is 0. The van der Waals surface area contributed by atoms with Gasteiger partial charge < -0.3 is 11.7 Å². The predicted molar refractivity (Wildman–Crippen MR) is 70.8 cm³/mol. The molecular weight excluding hydrogens is 567 g/mol. The number of benzene rings is 1. The van der Waals surface area contributed by atoms with Crippen molar-refractivity contribution >= 4 is 0 Å². The predicted octanol–water partition coefficient (Wildman–Crippen LogP) is 5.58. The molecule has 1 aromatic rings. The largest absolute Gasteiger partial charge is 0.490 e. The van der Waals surface area contributed by atoms with Crippen molar-refractivity contribution in [2.45, 2.75) is 50.3 Å². The van der Waals surface area contributed by atoms with Gasteiger partial charge in [0.2, 0.25) is 0 Å². The Morgan fingerprint density at radius 1 is 0.958 bits per heavy atom. The van der Waals surface area contributed by atoms with Crippen molar-refractivity contribution in [2.75, 3.05) is 0 Å². The van der Waals surface area contributed by atoms with E-state index in [1.54, 1.807) is 19.1 Å². The Morgan fingerprint density at radius 3 is 1.79 bits per heavy atom. The fraction of sp³-hybridized carbons (Fsp3) is 0.533. The number of hydrogen-bond donors (Lipinski definition) is 0. The number of halogens is 7. The monoisotopic (exact) mass is 583 g/mol.